The molecule has 3 aromatic rings. The maximum absolute atomic E-state index is 12.1. The van der Waals surface area contributed by atoms with Gasteiger partial charge >= 0.3 is 5.97 Å². The third-order valence-corrected chi connectivity index (χ3v) is 6.69. The molecule has 5 heteroatoms. The van der Waals surface area contributed by atoms with E-state index in [1.165, 1.54) is 34.7 Å². The highest BCUT2D eigenvalue weighted by atomic mass is 16.5. The van der Waals surface area contributed by atoms with E-state index in [1.807, 2.05) is 12.1 Å². The molecule has 1 fully saturated rings. The quantitative estimate of drug-likeness (QED) is 0.435. The molecule has 2 unspecified atom stereocenters. The van der Waals surface area contributed by atoms with Gasteiger partial charge in [-0.05, 0) is 66.1 Å². The first-order chi connectivity index (χ1) is 16.0. The van der Waals surface area contributed by atoms with E-state index >= 15 is 0 Å². The van der Waals surface area contributed by atoms with Gasteiger partial charge in [-0.25, -0.2) is 4.79 Å². The Morgan fingerprint density at radius 1 is 1.06 bits per heavy atom. The minimum Gasteiger partial charge on any atom is -0.459 e. The van der Waals surface area contributed by atoms with Gasteiger partial charge in [0.1, 0.15) is 12.7 Å². The van der Waals surface area contributed by atoms with Crippen LogP contribution in [0.1, 0.15) is 66.1 Å². The minimum absolute atomic E-state index is 0.206. The Balaban J connectivity index is 1.37. The number of benzene rings is 3. The fourth-order valence-corrected chi connectivity index (χ4v) is 4.91. The van der Waals surface area contributed by atoms with Gasteiger partial charge < -0.3 is 20.3 Å². The summed E-state index contributed by atoms with van der Waals surface area (Å²) in [5, 5.41) is 24.6. The van der Waals surface area contributed by atoms with Crippen molar-refractivity contribution < 1.29 is 19.7 Å². The molecule has 0 amide bonds. The summed E-state index contributed by atoms with van der Waals surface area (Å²) < 4.78 is 5.04. The number of aliphatic hydroxyl groups excluding tert-OH is 2. The van der Waals surface area contributed by atoms with Gasteiger partial charge in [-0.15, -0.1) is 0 Å². The van der Waals surface area contributed by atoms with Crippen molar-refractivity contribution in [3.63, 3.8) is 0 Å². The zero-order valence-electron chi connectivity index (χ0n) is 19.1. The first-order valence-electron chi connectivity index (χ1n) is 11.8. The molecule has 3 N–H and O–H groups in total. The van der Waals surface area contributed by atoms with E-state index in [0.717, 1.165) is 12.8 Å². The Morgan fingerprint density at radius 2 is 1.82 bits per heavy atom. The third kappa shape index (κ3) is 5.80. The number of hydrogen-bond donors (Lipinski definition) is 3. The molecule has 33 heavy (non-hydrogen) atoms. The first-order valence-corrected chi connectivity index (χ1v) is 11.8. The number of aliphatic hydroxyl groups is 2. The van der Waals surface area contributed by atoms with Crippen LogP contribution in [-0.4, -0.2) is 41.5 Å². The van der Waals surface area contributed by atoms with Crippen LogP contribution >= 0.6 is 0 Å². The normalized spacial score (nSPS) is 20.3. The lowest BCUT2D eigenvalue weighted by molar-refractivity contribution is 0.00933. The number of fused-ring (bicyclic) bond motifs is 1. The summed E-state index contributed by atoms with van der Waals surface area (Å²) in [7, 11) is 0. The van der Waals surface area contributed by atoms with E-state index in [9.17, 15) is 9.90 Å². The van der Waals surface area contributed by atoms with Crippen LogP contribution in [0.3, 0.4) is 0 Å². The van der Waals surface area contributed by atoms with Gasteiger partial charge in [0.25, 0.3) is 0 Å². The summed E-state index contributed by atoms with van der Waals surface area (Å²) in [5.41, 5.74) is 3.04. The SMILES string of the molecule is CC(NC1CCC[C@H](c2ccc(C(=O)OC[C@H](O)CO)cc2)C1)c1cccc2ccccc12. The predicted octanol–water partition coefficient (Wildman–Crippen LogP) is 4.73. The van der Waals surface area contributed by atoms with Crippen LogP contribution in [0.2, 0.25) is 0 Å². The molecule has 1 saturated carbocycles. The van der Waals surface area contributed by atoms with E-state index in [1.54, 1.807) is 12.1 Å². The standard InChI is InChI=1S/C28H33NO4/c1-19(26-11-5-7-21-6-2-3-10-27(21)26)29-24-9-4-8-23(16-24)20-12-14-22(15-13-20)28(32)33-18-25(31)17-30/h2-3,5-7,10-15,19,23-25,29-31H,4,8-9,16-18H2,1H3/t19?,23-,24?,25+/m0/s1. The Labute approximate surface area is 195 Å². The second-order valence-corrected chi connectivity index (χ2v) is 9.07. The second-order valence-electron chi connectivity index (χ2n) is 9.07. The predicted molar refractivity (Wildman–Crippen MR) is 130 cm³/mol. The molecule has 1 aliphatic carbocycles. The van der Waals surface area contributed by atoms with Gasteiger partial charge in [-0.1, -0.05) is 61.0 Å². The number of hydrogen-bond acceptors (Lipinski definition) is 5. The number of ether oxygens (including phenoxy) is 1. The molecular formula is C28H33NO4. The Kier molecular flexibility index (Phi) is 7.76. The fraction of sp³-hybridized carbons (Fsp3) is 0.393. The van der Waals surface area contributed by atoms with Crippen molar-refractivity contribution in [2.75, 3.05) is 13.2 Å². The highest BCUT2D eigenvalue weighted by molar-refractivity contribution is 5.89. The molecule has 0 saturated heterocycles. The van der Waals surface area contributed by atoms with Crippen molar-refractivity contribution in [1.82, 2.24) is 5.32 Å². The summed E-state index contributed by atoms with van der Waals surface area (Å²) in [6, 6.07) is 23.4. The van der Waals surface area contributed by atoms with Crippen LogP contribution in [-0.2, 0) is 4.74 Å². The van der Waals surface area contributed by atoms with E-state index in [-0.39, 0.29) is 12.6 Å². The fourth-order valence-electron chi connectivity index (χ4n) is 4.91. The number of rotatable bonds is 8. The highest BCUT2D eigenvalue weighted by Crippen LogP contribution is 2.34. The zero-order valence-corrected chi connectivity index (χ0v) is 19.1. The van der Waals surface area contributed by atoms with Crippen LogP contribution in [0, 0.1) is 0 Å². The lowest BCUT2D eigenvalue weighted by atomic mass is 9.81. The average molecular weight is 448 g/mol. The summed E-state index contributed by atoms with van der Waals surface area (Å²) in [5.74, 6) is -0.0293. The smallest absolute Gasteiger partial charge is 0.338 e. The molecule has 174 valence electrons. The molecular weight excluding hydrogens is 414 g/mol. The molecule has 3 aromatic carbocycles. The lowest BCUT2D eigenvalue weighted by Gasteiger charge is -2.32. The van der Waals surface area contributed by atoms with E-state index in [2.05, 4.69) is 54.7 Å². The van der Waals surface area contributed by atoms with Crippen molar-refractivity contribution in [2.45, 2.75) is 56.7 Å². The van der Waals surface area contributed by atoms with E-state index in [4.69, 9.17) is 9.84 Å². The van der Waals surface area contributed by atoms with Crippen molar-refractivity contribution in [2.24, 2.45) is 0 Å². The monoisotopic (exact) mass is 447 g/mol. The highest BCUT2D eigenvalue weighted by Gasteiger charge is 2.25. The Bertz CT molecular complexity index is 1060. The maximum atomic E-state index is 12.1. The van der Waals surface area contributed by atoms with Gasteiger partial charge in [0, 0.05) is 12.1 Å². The Hall–Kier alpha value is -2.73. The van der Waals surface area contributed by atoms with Crippen molar-refractivity contribution in [3.8, 4) is 0 Å². The summed E-state index contributed by atoms with van der Waals surface area (Å²) in [4.78, 5) is 12.1. The molecule has 0 aliphatic heterocycles. The largest absolute Gasteiger partial charge is 0.459 e. The molecule has 0 aromatic heterocycles. The van der Waals surface area contributed by atoms with Gasteiger partial charge in [0.15, 0.2) is 0 Å². The van der Waals surface area contributed by atoms with E-state index in [0.29, 0.717) is 17.5 Å². The number of esters is 1. The number of carbonyl (C=O) groups excluding carboxylic acids is 1. The van der Waals surface area contributed by atoms with Crippen LogP contribution in [0.15, 0.2) is 66.7 Å². The third-order valence-electron chi connectivity index (χ3n) is 6.69. The van der Waals surface area contributed by atoms with Gasteiger partial charge in [-0.2, -0.15) is 0 Å². The average Bonchev–Trinajstić information content (AvgIpc) is 2.87. The van der Waals surface area contributed by atoms with Crippen LogP contribution in [0.5, 0.6) is 0 Å². The summed E-state index contributed by atoms with van der Waals surface area (Å²) in [6.45, 7) is 1.61. The number of carbonyl (C=O) groups is 1. The zero-order chi connectivity index (χ0) is 23.2. The van der Waals surface area contributed by atoms with Crippen molar-refractivity contribution >= 4 is 16.7 Å². The topological polar surface area (TPSA) is 78.8 Å². The number of nitrogens with one attached hydrogen (secondary N) is 1. The molecule has 0 bridgehead atoms. The first kappa shape index (κ1) is 23.4. The lowest BCUT2D eigenvalue weighted by Crippen LogP contribution is -2.35. The maximum Gasteiger partial charge on any atom is 0.338 e. The van der Waals surface area contributed by atoms with Gasteiger partial charge in [-0.3, -0.25) is 0 Å². The summed E-state index contributed by atoms with van der Waals surface area (Å²) in [6.07, 6.45) is 3.52. The van der Waals surface area contributed by atoms with Crippen LogP contribution < -0.4 is 5.32 Å². The molecule has 4 atom stereocenters. The molecule has 0 spiro atoms. The summed E-state index contributed by atoms with van der Waals surface area (Å²) >= 11 is 0. The molecule has 0 radical (unpaired) electrons. The van der Waals surface area contributed by atoms with Gasteiger partial charge in [0.05, 0.1) is 12.2 Å². The molecule has 4 rings (SSSR count). The van der Waals surface area contributed by atoms with Crippen molar-refractivity contribution in [1.29, 1.82) is 0 Å². The van der Waals surface area contributed by atoms with Crippen molar-refractivity contribution in [3.05, 3.63) is 83.4 Å². The molecule has 5 nitrogen and oxygen atoms in total. The molecule has 0 heterocycles. The van der Waals surface area contributed by atoms with Gasteiger partial charge in [0.2, 0.25) is 0 Å². The second kappa shape index (κ2) is 10.9. The minimum atomic E-state index is -1.05. The Morgan fingerprint density at radius 3 is 2.61 bits per heavy atom. The molecule has 1 aliphatic rings. The van der Waals surface area contributed by atoms with Crippen LogP contribution in [0.25, 0.3) is 10.8 Å². The van der Waals surface area contributed by atoms with Crippen LogP contribution in [0.4, 0.5) is 0 Å². The van der Waals surface area contributed by atoms with E-state index < -0.39 is 18.7 Å².